The number of aromatic nitrogens is 1. The highest BCUT2D eigenvalue weighted by Crippen LogP contribution is 2.39. The average molecular weight is 841 g/mol. The molecule has 2 aromatic carbocycles. The minimum atomic E-state index is -1.15. The molecule has 3 fully saturated rings. The first-order valence-corrected chi connectivity index (χ1v) is 21.1. The number of anilines is 1. The van der Waals surface area contributed by atoms with Crippen molar-refractivity contribution in [3.05, 3.63) is 74.5 Å². The van der Waals surface area contributed by atoms with Crippen molar-refractivity contribution in [3.63, 3.8) is 0 Å². The van der Waals surface area contributed by atoms with Gasteiger partial charge in [0.2, 0.25) is 11.8 Å². The number of nitrogens with one attached hydrogen (secondary N) is 2. The summed E-state index contributed by atoms with van der Waals surface area (Å²) < 4.78 is 28.9. The number of ether oxygens (including phenoxy) is 2. The van der Waals surface area contributed by atoms with Crippen LogP contribution in [0.3, 0.4) is 0 Å². The monoisotopic (exact) mass is 840 g/mol. The minimum absolute atomic E-state index is 0.00378. The number of halogens is 1. The van der Waals surface area contributed by atoms with Crippen LogP contribution in [0.5, 0.6) is 11.5 Å². The topological polar surface area (TPSA) is 166 Å². The fraction of sp³-hybridized carbons (Fsp3) is 0.500. The van der Waals surface area contributed by atoms with E-state index in [0.717, 1.165) is 90.6 Å². The Hall–Kier alpha value is -5.81. The van der Waals surface area contributed by atoms with Gasteiger partial charge in [-0.15, -0.1) is 0 Å². The molecule has 1 atom stereocenters. The number of benzene rings is 2. The first-order valence-electron chi connectivity index (χ1n) is 21.1. The lowest BCUT2D eigenvalue weighted by molar-refractivity contribution is -0.136. The van der Waals surface area contributed by atoms with Crippen LogP contribution in [0.4, 0.5) is 14.9 Å². The predicted molar refractivity (Wildman–Crippen MR) is 223 cm³/mol. The molecule has 0 spiro atoms. The van der Waals surface area contributed by atoms with Gasteiger partial charge in [-0.3, -0.25) is 44.0 Å². The van der Waals surface area contributed by atoms with E-state index in [-0.39, 0.29) is 42.1 Å². The predicted octanol–water partition coefficient (Wildman–Crippen LogP) is 2.73. The molecule has 2 N–H and O–H groups in total. The summed E-state index contributed by atoms with van der Waals surface area (Å²) in [6, 6.07) is 5.54. The first-order chi connectivity index (χ1) is 29.4. The van der Waals surface area contributed by atoms with Crippen LogP contribution in [0.2, 0.25) is 0 Å². The first kappa shape index (κ1) is 41.9. The molecule has 16 nitrogen and oxygen atoms in total. The highest BCUT2D eigenvalue weighted by molar-refractivity contribution is 6.24. The quantitative estimate of drug-likeness (QED) is 0.289. The fourth-order valence-electron chi connectivity index (χ4n) is 9.64. The molecule has 3 aromatic rings. The summed E-state index contributed by atoms with van der Waals surface area (Å²) in [7, 11) is 6.65. The smallest absolute Gasteiger partial charge is 0.317 e. The van der Waals surface area contributed by atoms with Gasteiger partial charge in [-0.1, -0.05) is 0 Å². The summed E-state index contributed by atoms with van der Waals surface area (Å²) in [5.41, 5.74) is 4.39. The Balaban J connectivity index is 0.847. The maximum Gasteiger partial charge on any atom is 0.317 e. The number of aryl methyl sites for hydroxylation is 1. The van der Waals surface area contributed by atoms with E-state index in [4.69, 9.17) is 9.47 Å². The van der Waals surface area contributed by atoms with E-state index < -0.39 is 35.5 Å². The number of likely N-dealkylation sites (tertiary alicyclic amines) is 1. The summed E-state index contributed by atoms with van der Waals surface area (Å²) in [6.07, 6.45) is 5.63. The maximum atomic E-state index is 15.4. The van der Waals surface area contributed by atoms with Gasteiger partial charge in [0.1, 0.15) is 23.4 Å². The molecule has 0 radical (unpaired) electrons. The van der Waals surface area contributed by atoms with Crippen LogP contribution in [0.25, 0.3) is 11.1 Å². The second-order valence-corrected chi connectivity index (χ2v) is 16.6. The zero-order chi connectivity index (χ0) is 43.1. The van der Waals surface area contributed by atoms with Crippen LogP contribution >= 0.6 is 0 Å². The van der Waals surface area contributed by atoms with Crippen LogP contribution < -0.4 is 30.6 Å². The number of imide groups is 2. The number of piperazine rings is 1. The Morgan fingerprint density at radius 3 is 2.20 bits per heavy atom. The number of carbonyl (C=O) groups excluding carboxylic acids is 5. The number of hydrogen-bond donors (Lipinski definition) is 2. The molecule has 6 amide bonds. The number of piperidine rings is 2. The summed E-state index contributed by atoms with van der Waals surface area (Å²) in [6.45, 7) is 7.09. The van der Waals surface area contributed by atoms with E-state index in [1.807, 2.05) is 23.2 Å². The molecular weight excluding hydrogens is 788 g/mol. The van der Waals surface area contributed by atoms with Gasteiger partial charge in [-0.05, 0) is 93.0 Å². The van der Waals surface area contributed by atoms with Crippen molar-refractivity contribution >= 4 is 35.3 Å². The number of pyridine rings is 1. The molecule has 0 bridgehead atoms. The molecule has 6 heterocycles. The van der Waals surface area contributed by atoms with E-state index in [1.165, 1.54) is 6.07 Å². The Kier molecular flexibility index (Phi) is 11.9. The molecule has 8 rings (SSSR count). The lowest BCUT2D eigenvalue weighted by atomic mass is 9.91. The Bertz CT molecular complexity index is 2310. The number of fused-ring (bicyclic) bond motifs is 2. The number of hydrogen-bond acceptors (Lipinski definition) is 11. The number of nitrogens with zero attached hydrogens (tertiary/aromatic N) is 6. The fourth-order valence-corrected chi connectivity index (χ4v) is 9.64. The zero-order valence-electron chi connectivity index (χ0n) is 35.2. The largest absolute Gasteiger partial charge is 0.496 e. The standard InChI is InChI=1S/C44H53FN8O8/c1-46-44(59)52-14-10-29-31(23-48(2)41(56)32(29)25-52)27-19-36(60-3)33(37(20-27)61-4)24-50-12-8-26(9-13-50)7-11-49-15-17-51(18-16-49)28-21-30-39(34(45)22-28)43(58)53(42(30)57)35-5-6-38(54)47-40(35)55/h19-23,26,35H,5-18,24-25H2,1-4H3,(H,46,59)(H,47,54,55). The second-order valence-electron chi connectivity index (χ2n) is 16.6. The zero-order valence-corrected chi connectivity index (χ0v) is 35.2. The van der Waals surface area contributed by atoms with E-state index in [2.05, 4.69) is 20.4 Å². The highest BCUT2D eigenvalue weighted by Gasteiger charge is 2.46. The molecule has 0 aliphatic carbocycles. The van der Waals surface area contributed by atoms with E-state index in [9.17, 15) is 28.8 Å². The molecule has 1 aromatic heterocycles. The summed E-state index contributed by atoms with van der Waals surface area (Å²) in [5, 5.41) is 4.83. The molecule has 5 aliphatic heterocycles. The Morgan fingerprint density at radius 2 is 1.54 bits per heavy atom. The second kappa shape index (κ2) is 17.3. The molecule has 17 heteroatoms. The van der Waals surface area contributed by atoms with Gasteiger partial charge in [-0.25, -0.2) is 9.18 Å². The molecule has 61 heavy (non-hydrogen) atoms. The van der Waals surface area contributed by atoms with Gasteiger partial charge >= 0.3 is 6.03 Å². The molecule has 0 saturated carbocycles. The average Bonchev–Trinajstić information content (AvgIpc) is 3.52. The third-order valence-corrected chi connectivity index (χ3v) is 13.1. The van der Waals surface area contributed by atoms with E-state index >= 15 is 4.39 Å². The van der Waals surface area contributed by atoms with Gasteiger partial charge < -0.3 is 29.2 Å². The van der Waals surface area contributed by atoms with Crippen molar-refractivity contribution < 1.29 is 37.8 Å². The Labute approximate surface area is 353 Å². The number of urea groups is 1. The van der Waals surface area contributed by atoms with Crippen LogP contribution in [-0.2, 0) is 36.1 Å². The number of rotatable bonds is 10. The van der Waals surface area contributed by atoms with Crippen molar-refractivity contribution in [2.45, 2.75) is 57.7 Å². The van der Waals surface area contributed by atoms with Gasteiger partial charge in [0.25, 0.3) is 17.4 Å². The third-order valence-electron chi connectivity index (χ3n) is 13.1. The van der Waals surface area contributed by atoms with E-state index in [1.54, 1.807) is 43.8 Å². The lowest BCUT2D eigenvalue weighted by Gasteiger charge is -2.38. The van der Waals surface area contributed by atoms with Crippen molar-refractivity contribution in [3.8, 4) is 22.6 Å². The third kappa shape index (κ3) is 8.08. The van der Waals surface area contributed by atoms with Gasteiger partial charge in [0, 0.05) is 82.8 Å². The molecule has 1 unspecified atom stereocenters. The number of methoxy groups -OCH3 is 2. The molecule has 324 valence electrons. The molecule has 3 saturated heterocycles. The number of amides is 6. The van der Waals surface area contributed by atoms with Gasteiger partial charge in [0.15, 0.2) is 0 Å². The van der Waals surface area contributed by atoms with Crippen molar-refractivity contribution in [1.29, 1.82) is 0 Å². The van der Waals surface area contributed by atoms with Crippen molar-refractivity contribution in [2.24, 2.45) is 13.0 Å². The normalized spacial score (nSPS) is 20.1. The summed E-state index contributed by atoms with van der Waals surface area (Å²) in [5.74, 6) is -1.53. The SMILES string of the molecule is CNC(=O)N1CCc2c(-c3cc(OC)c(CN4CCC(CCN5CCN(c6cc(F)c7c(c6)C(=O)N(C6CCC(=O)NC6=O)C7=O)CC5)CC4)c(OC)c3)cn(C)c(=O)c2C1. The molecular formula is C44H53FN8O8. The summed E-state index contributed by atoms with van der Waals surface area (Å²) >= 11 is 0. The van der Waals surface area contributed by atoms with Gasteiger partial charge in [-0.2, -0.15) is 0 Å². The van der Waals surface area contributed by atoms with Gasteiger partial charge in [0.05, 0.1) is 37.5 Å². The summed E-state index contributed by atoms with van der Waals surface area (Å²) in [4.78, 5) is 85.5. The minimum Gasteiger partial charge on any atom is -0.496 e. The van der Waals surface area contributed by atoms with Crippen LogP contribution in [0.15, 0.2) is 35.3 Å². The number of carbonyl (C=O) groups is 5. The van der Waals surface area contributed by atoms with Crippen LogP contribution in [0, 0.1) is 11.7 Å². The van der Waals surface area contributed by atoms with E-state index in [0.29, 0.717) is 49.8 Å². The lowest BCUT2D eigenvalue weighted by Crippen LogP contribution is -2.54. The maximum absolute atomic E-state index is 15.4. The van der Waals surface area contributed by atoms with Crippen LogP contribution in [0.1, 0.15) is 69.5 Å². The van der Waals surface area contributed by atoms with Crippen molar-refractivity contribution in [2.75, 3.05) is 78.5 Å². The molecule has 5 aliphatic rings. The van der Waals surface area contributed by atoms with Crippen molar-refractivity contribution in [1.82, 2.24) is 34.8 Å². The Morgan fingerprint density at radius 1 is 0.836 bits per heavy atom. The van der Waals surface area contributed by atoms with Crippen LogP contribution in [-0.4, -0.2) is 133 Å². The highest BCUT2D eigenvalue weighted by atomic mass is 19.1.